The summed E-state index contributed by atoms with van der Waals surface area (Å²) in [6.07, 6.45) is 4.22. The average Bonchev–Trinajstić information content (AvgIpc) is 2.64. The number of hydrogen-bond donors (Lipinski definition) is 4. The number of ether oxygens (including phenoxy) is 1. The maximum Gasteiger partial charge on any atom is 0.342 e. The zero-order valence-corrected chi connectivity index (χ0v) is 16.6. The van der Waals surface area contributed by atoms with Crippen molar-refractivity contribution in [1.29, 1.82) is 0 Å². The zero-order valence-electron chi connectivity index (χ0n) is 16.6. The maximum atomic E-state index is 12.7. The molecule has 4 N–H and O–H groups in total. The van der Waals surface area contributed by atoms with Crippen LogP contribution in [0.4, 0.5) is 5.69 Å². The molecule has 4 atom stereocenters. The molecule has 0 spiro atoms. The van der Waals surface area contributed by atoms with Gasteiger partial charge in [-0.1, -0.05) is 37.8 Å². The molecule has 1 aromatic rings. The molecular weight excluding hydrogens is 358 g/mol. The van der Waals surface area contributed by atoms with Gasteiger partial charge in [-0.15, -0.1) is 0 Å². The zero-order chi connectivity index (χ0) is 20.8. The molecular formula is C22H29NO5. The Hall–Kier alpha value is -2.57. The molecule has 0 fully saturated rings. The summed E-state index contributed by atoms with van der Waals surface area (Å²) in [6.45, 7) is 10.0. The first kappa shape index (κ1) is 21.7. The van der Waals surface area contributed by atoms with E-state index in [-0.39, 0.29) is 23.7 Å². The quantitative estimate of drug-likeness (QED) is 0.582. The van der Waals surface area contributed by atoms with Gasteiger partial charge in [0, 0.05) is 24.2 Å². The summed E-state index contributed by atoms with van der Waals surface area (Å²) >= 11 is 0. The predicted molar refractivity (Wildman–Crippen MR) is 110 cm³/mol. The number of phenols is 1. The van der Waals surface area contributed by atoms with Crippen LogP contribution >= 0.6 is 0 Å². The number of esters is 1. The minimum Gasteiger partial charge on any atom is -0.507 e. The van der Waals surface area contributed by atoms with Crippen molar-refractivity contribution in [3.05, 3.63) is 53.6 Å². The lowest BCUT2D eigenvalue weighted by atomic mass is 9.98. The summed E-state index contributed by atoms with van der Waals surface area (Å²) in [6, 6.07) is 3.22. The molecule has 2 rings (SSSR count). The summed E-state index contributed by atoms with van der Waals surface area (Å²) < 4.78 is 5.55. The summed E-state index contributed by atoms with van der Waals surface area (Å²) in [7, 11) is 0. The number of rotatable bonds is 2. The lowest BCUT2D eigenvalue weighted by Gasteiger charge is -2.21. The molecule has 0 saturated heterocycles. The summed E-state index contributed by atoms with van der Waals surface area (Å²) in [5.74, 6) is -0.959. The van der Waals surface area contributed by atoms with E-state index in [4.69, 9.17) is 4.74 Å². The van der Waals surface area contributed by atoms with Gasteiger partial charge in [-0.05, 0) is 37.5 Å². The van der Waals surface area contributed by atoms with Crippen molar-refractivity contribution in [2.24, 2.45) is 5.92 Å². The number of carbonyl (C=O) groups excluding carboxylic acids is 1. The number of benzene rings is 1. The van der Waals surface area contributed by atoms with E-state index in [1.54, 1.807) is 37.3 Å². The highest BCUT2D eigenvalue weighted by Crippen LogP contribution is 2.30. The lowest BCUT2D eigenvalue weighted by Crippen LogP contribution is -2.27. The van der Waals surface area contributed by atoms with Gasteiger partial charge in [0.05, 0.1) is 6.10 Å². The molecule has 1 aliphatic rings. The molecule has 0 amide bonds. The smallest absolute Gasteiger partial charge is 0.342 e. The van der Waals surface area contributed by atoms with Crippen LogP contribution in [0.3, 0.4) is 0 Å². The Morgan fingerprint density at radius 1 is 1.25 bits per heavy atom. The van der Waals surface area contributed by atoms with Crippen molar-refractivity contribution in [2.75, 3.05) is 11.9 Å². The molecule has 1 aliphatic heterocycles. The number of cyclic esters (lactones) is 1. The molecule has 6 heteroatoms. The van der Waals surface area contributed by atoms with Gasteiger partial charge in [-0.2, -0.15) is 0 Å². The number of aliphatic hydroxyl groups is 2. The van der Waals surface area contributed by atoms with Crippen molar-refractivity contribution in [3.63, 3.8) is 0 Å². The Labute approximate surface area is 165 Å². The van der Waals surface area contributed by atoms with E-state index in [1.165, 1.54) is 6.07 Å². The molecule has 1 unspecified atom stereocenters. The Bertz CT molecular complexity index is 783. The van der Waals surface area contributed by atoms with Gasteiger partial charge in [-0.3, -0.25) is 0 Å². The van der Waals surface area contributed by atoms with Crippen LogP contribution in [-0.2, 0) is 4.74 Å². The molecule has 28 heavy (non-hydrogen) atoms. The first-order valence-electron chi connectivity index (χ1n) is 9.46. The molecule has 0 aliphatic carbocycles. The molecule has 1 heterocycles. The van der Waals surface area contributed by atoms with Gasteiger partial charge >= 0.3 is 5.97 Å². The molecule has 6 nitrogen and oxygen atoms in total. The third kappa shape index (κ3) is 5.24. The Morgan fingerprint density at radius 3 is 2.64 bits per heavy atom. The van der Waals surface area contributed by atoms with E-state index in [0.29, 0.717) is 23.4 Å². The van der Waals surface area contributed by atoms with Gasteiger partial charge < -0.3 is 25.4 Å². The van der Waals surface area contributed by atoms with Crippen molar-refractivity contribution in [3.8, 4) is 5.75 Å². The second kappa shape index (κ2) is 9.57. The Morgan fingerprint density at radius 2 is 1.96 bits per heavy atom. The van der Waals surface area contributed by atoms with Crippen molar-refractivity contribution < 1.29 is 24.9 Å². The molecule has 1 aromatic carbocycles. The van der Waals surface area contributed by atoms with Crippen LogP contribution in [0.15, 0.2) is 42.5 Å². The average molecular weight is 387 g/mol. The van der Waals surface area contributed by atoms with Crippen molar-refractivity contribution in [2.45, 2.75) is 45.5 Å². The molecule has 152 valence electrons. The fraction of sp³-hybridized carbons (Fsp3) is 0.409. The second-order valence-corrected chi connectivity index (χ2v) is 7.04. The number of aromatic hydroxyl groups is 1. The first-order valence-corrected chi connectivity index (χ1v) is 9.46. The van der Waals surface area contributed by atoms with Crippen LogP contribution in [0.2, 0.25) is 0 Å². The van der Waals surface area contributed by atoms with Gasteiger partial charge in [-0.25, -0.2) is 4.79 Å². The topological polar surface area (TPSA) is 99.0 Å². The Kier molecular flexibility index (Phi) is 7.43. The number of aliphatic hydroxyl groups excluding tert-OH is 2. The lowest BCUT2D eigenvalue weighted by molar-refractivity contribution is 0.0262. The van der Waals surface area contributed by atoms with E-state index >= 15 is 0 Å². The fourth-order valence-corrected chi connectivity index (χ4v) is 2.88. The highest BCUT2D eigenvalue weighted by Gasteiger charge is 2.23. The molecule has 0 bridgehead atoms. The maximum absolute atomic E-state index is 12.7. The van der Waals surface area contributed by atoms with Crippen LogP contribution in [0.1, 0.15) is 43.1 Å². The number of carbonyl (C=O) groups is 1. The van der Waals surface area contributed by atoms with Gasteiger partial charge in [0.15, 0.2) is 0 Å². The monoisotopic (exact) mass is 387 g/mol. The summed E-state index contributed by atoms with van der Waals surface area (Å²) in [5, 5.41) is 34.0. The van der Waals surface area contributed by atoms with Crippen molar-refractivity contribution in [1.82, 2.24) is 0 Å². The van der Waals surface area contributed by atoms with E-state index in [0.717, 1.165) is 0 Å². The van der Waals surface area contributed by atoms with Crippen LogP contribution in [0.5, 0.6) is 5.75 Å². The van der Waals surface area contributed by atoms with Gasteiger partial charge in [0.1, 0.15) is 23.5 Å². The largest absolute Gasteiger partial charge is 0.507 e. The number of phenolic OH excluding ortho intramolecular Hbond substituents is 1. The number of nitrogens with one attached hydrogen (secondary N) is 1. The second-order valence-electron chi connectivity index (χ2n) is 7.04. The molecule has 0 aromatic heterocycles. The van der Waals surface area contributed by atoms with Gasteiger partial charge in [0.25, 0.3) is 0 Å². The van der Waals surface area contributed by atoms with E-state index in [9.17, 15) is 20.1 Å². The normalized spacial score (nSPS) is 28.6. The standard InChI is InChI=1S/C22H29NO5/c1-5-23-17-11-16-7-6-8-18(24)21(26)14(3)10-9-13(2)15(4)28-22(27)20(16)19(25)12-17/h6-7,9-13,15,18,21,23-26H,3,5,8H2,1-2,4H3/b7-6+,10-9-/t13-,15?,18+,21-/m1/s1. The third-order valence-corrected chi connectivity index (χ3v) is 4.80. The molecule has 0 radical (unpaired) electrons. The first-order chi connectivity index (χ1) is 13.2. The fourth-order valence-electron chi connectivity index (χ4n) is 2.88. The number of hydrogen-bond acceptors (Lipinski definition) is 6. The van der Waals surface area contributed by atoms with Crippen LogP contribution in [-0.4, -0.2) is 46.1 Å². The predicted octanol–water partition coefficient (Wildman–Crippen LogP) is 3.26. The van der Waals surface area contributed by atoms with Crippen molar-refractivity contribution >= 4 is 17.7 Å². The van der Waals surface area contributed by atoms with Gasteiger partial charge in [0.2, 0.25) is 0 Å². The SMILES string of the molecule is C=C1/C=C\[C@@H](C)C(C)OC(=O)c2c(O)cc(NCC)cc2/C=C/C[C@H](O)[C@@H]1O. The summed E-state index contributed by atoms with van der Waals surface area (Å²) in [4.78, 5) is 12.7. The highest BCUT2D eigenvalue weighted by atomic mass is 16.5. The number of anilines is 1. The van der Waals surface area contributed by atoms with Crippen LogP contribution in [0, 0.1) is 5.92 Å². The van der Waals surface area contributed by atoms with E-state index < -0.39 is 24.3 Å². The minimum absolute atomic E-state index is 0.0671. The number of fused-ring (bicyclic) bond motifs is 1. The minimum atomic E-state index is -1.10. The highest BCUT2D eigenvalue weighted by molar-refractivity contribution is 5.97. The van der Waals surface area contributed by atoms with E-state index in [1.807, 2.05) is 13.8 Å². The molecule has 0 saturated carbocycles. The van der Waals surface area contributed by atoms with Crippen LogP contribution < -0.4 is 5.32 Å². The summed E-state index contributed by atoms with van der Waals surface area (Å²) in [5.41, 5.74) is 1.58. The van der Waals surface area contributed by atoms with Crippen LogP contribution in [0.25, 0.3) is 6.08 Å². The Balaban J connectivity index is 2.50. The van der Waals surface area contributed by atoms with E-state index in [2.05, 4.69) is 11.9 Å². The third-order valence-electron chi connectivity index (χ3n) is 4.80.